The maximum Gasteiger partial charge on any atom is 0.355 e. The Morgan fingerprint density at radius 2 is 2.39 bits per heavy atom. The van der Waals surface area contributed by atoms with Crippen molar-refractivity contribution in [3.05, 3.63) is 23.2 Å². The molecule has 1 N–H and O–H groups in total. The summed E-state index contributed by atoms with van der Waals surface area (Å²) >= 11 is 1.57. The van der Waals surface area contributed by atoms with Gasteiger partial charge in [-0.05, 0) is 37.3 Å². The van der Waals surface area contributed by atoms with Crippen LogP contribution in [0.15, 0.2) is 17.5 Å². The molecule has 1 saturated heterocycles. The number of ether oxygens (including phenoxy) is 2. The molecule has 1 aliphatic rings. The van der Waals surface area contributed by atoms with E-state index in [4.69, 9.17) is 9.47 Å². The topological polar surface area (TPSA) is 69.6 Å². The number of aromatic nitrogens is 1. The molecule has 0 radical (unpaired) electrons. The van der Waals surface area contributed by atoms with Crippen molar-refractivity contribution in [1.29, 1.82) is 0 Å². The second-order valence-electron chi connectivity index (χ2n) is 5.69. The Labute approximate surface area is 138 Å². The SMILES string of the molecule is CC(OC(=O)c1cc2sccc2n1C)C(=O)NCC1CCCO1. The zero-order valence-electron chi connectivity index (χ0n) is 13.2. The first kappa shape index (κ1) is 16.0. The fourth-order valence-corrected chi connectivity index (χ4v) is 3.53. The molecule has 1 amide bonds. The molecule has 0 aromatic carbocycles. The predicted octanol–water partition coefficient (Wildman–Crippen LogP) is 2.08. The Morgan fingerprint density at radius 3 is 3.09 bits per heavy atom. The summed E-state index contributed by atoms with van der Waals surface area (Å²) in [6.07, 6.45) is 1.21. The molecule has 0 spiro atoms. The molecular weight excluding hydrogens is 316 g/mol. The van der Waals surface area contributed by atoms with E-state index in [0.717, 1.165) is 29.7 Å². The van der Waals surface area contributed by atoms with E-state index < -0.39 is 12.1 Å². The second-order valence-corrected chi connectivity index (χ2v) is 6.63. The zero-order chi connectivity index (χ0) is 16.4. The minimum absolute atomic E-state index is 0.0708. The highest BCUT2D eigenvalue weighted by atomic mass is 32.1. The van der Waals surface area contributed by atoms with E-state index in [1.807, 2.05) is 18.5 Å². The average molecular weight is 336 g/mol. The van der Waals surface area contributed by atoms with Crippen LogP contribution in [-0.4, -0.2) is 41.8 Å². The van der Waals surface area contributed by atoms with E-state index in [1.54, 1.807) is 28.9 Å². The summed E-state index contributed by atoms with van der Waals surface area (Å²) in [7, 11) is 1.81. The number of fused-ring (bicyclic) bond motifs is 1. The van der Waals surface area contributed by atoms with Crippen LogP contribution in [0.2, 0.25) is 0 Å². The largest absolute Gasteiger partial charge is 0.448 e. The van der Waals surface area contributed by atoms with Crippen LogP contribution in [0.4, 0.5) is 0 Å². The van der Waals surface area contributed by atoms with Gasteiger partial charge in [-0.2, -0.15) is 0 Å². The number of nitrogens with one attached hydrogen (secondary N) is 1. The number of carbonyl (C=O) groups excluding carboxylic acids is 2. The summed E-state index contributed by atoms with van der Waals surface area (Å²) in [6, 6.07) is 3.74. The first-order chi connectivity index (χ1) is 11.1. The lowest BCUT2D eigenvalue weighted by molar-refractivity contribution is -0.129. The molecule has 3 rings (SSSR count). The van der Waals surface area contributed by atoms with Crippen molar-refractivity contribution >= 4 is 33.4 Å². The highest BCUT2D eigenvalue weighted by Crippen LogP contribution is 2.24. The third kappa shape index (κ3) is 3.40. The molecule has 124 valence electrons. The van der Waals surface area contributed by atoms with Gasteiger partial charge >= 0.3 is 5.97 Å². The normalized spacial score (nSPS) is 19.0. The number of nitrogens with zero attached hydrogens (tertiary/aromatic N) is 1. The van der Waals surface area contributed by atoms with E-state index >= 15 is 0 Å². The third-order valence-electron chi connectivity index (χ3n) is 4.05. The maximum atomic E-state index is 12.3. The Hall–Kier alpha value is -1.86. The molecule has 7 heteroatoms. The van der Waals surface area contributed by atoms with E-state index in [9.17, 15) is 9.59 Å². The van der Waals surface area contributed by atoms with Gasteiger partial charge in [0, 0.05) is 20.2 Å². The number of rotatable bonds is 5. The summed E-state index contributed by atoms with van der Waals surface area (Å²) in [5.41, 5.74) is 1.43. The fraction of sp³-hybridized carbons (Fsp3) is 0.500. The zero-order valence-corrected chi connectivity index (χ0v) is 14.0. The van der Waals surface area contributed by atoms with Gasteiger partial charge in [0.15, 0.2) is 6.10 Å². The van der Waals surface area contributed by atoms with Gasteiger partial charge < -0.3 is 19.4 Å². The Balaban J connectivity index is 1.56. The van der Waals surface area contributed by atoms with Gasteiger partial charge in [0.25, 0.3) is 5.91 Å². The summed E-state index contributed by atoms with van der Waals surface area (Å²) in [6.45, 7) is 2.78. The molecule has 2 aromatic heterocycles. The number of hydrogen-bond acceptors (Lipinski definition) is 5. The van der Waals surface area contributed by atoms with Gasteiger partial charge in [-0.15, -0.1) is 11.3 Å². The van der Waals surface area contributed by atoms with Gasteiger partial charge in [0.1, 0.15) is 5.69 Å². The first-order valence-corrected chi connectivity index (χ1v) is 8.57. The van der Waals surface area contributed by atoms with Crippen molar-refractivity contribution < 1.29 is 19.1 Å². The third-order valence-corrected chi connectivity index (χ3v) is 4.91. The fourth-order valence-electron chi connectivity index (χ4n) is 2.68. The molecule has 23 heavy (non-hydrogen) atoms. The van der Waals surface area contributed by atoms with E-state index in [0.29, 0.717) is 12.2 Å². The van der Waals surface area contributed by atoms with Gasteiger partial charge in [0.2, 0.25) is 0 Å². The highest BCUT2D eigenvalue weighted by molar-refractivity contribution is 7.17. The lowest BCUT2D eigenvalue weighted by Gasteiger charge is -2.15. The molecule has 2 aromatic rings. The predicted molar refractivity (Wildman–Crippen MR) is 87.7 cm³/mol. The summed E-state index contributed by atoms with van der Waals surface area (Å²) < 4.78 is 13.5. The van der Waals surface area contributed by atoms with Crippen LogP contribution in [0.3, 0.4) is 0 Å². The average Bonchev–Trinajstić information content (AvgIpc) is 3.23. The van der Waals surface area contributed by atoms with Gasteiger partial charge in [-0.25, -0.2) is 4.79 Å². The molecule has 2 unspecified atom stereocenters. The monoisotopic (exact) mass is 336 g/mol. The Morgan fingerprint density at radius 1 is 1.57 bits per heavy atom. The molecular formula is C16H20N2O4S. The van der Waals surface area contributed by atoms with Crippen LogP contribution in [0.5, 0.6) is 0 Å². The number of esters is 1. The quantitative estimate of drug-likeness (QED) is 0.849. The molecule has 0 saturated carbocycles. The minimum atomic E-state index is -0.836. The van der Waals surface area contributed by atoms with Crippen LogP contribution in [0, 0.1) is 0 Å². The summed E-state index contributed by atoms with van der Waals surface area (Å²) in [5.74, 6) is -0.791. The van der Waals surface area contributed by atoms with Crippen molar-refractivity contribution in [3.63, 3.8) is 0 Å². The molecule has 0 aliphatic carbocycles. The van der Waals surface area contributed by atoms with Gasteiger partial charge in [0.05, 0.1) is 16.3 Å². The Kier molecular flexibility index (Phi) is 4.68. The number of hydrogen-bond donors (Lipinski definition) is 1. The molecule has 1 aliphatic heterocycles. The standard InChI is InChI=1S/C16H20N2O4S/c1-10(15(19)17-9-11-4-3-6-21-11)22-16(20)13-8-14-12(18(13)2)5-7-23-14/h5,7-8,10-11H,3-4,6,9H2,1-2H3,(H,17,19). The molecule has 2 atom stereocenters. The van der Waals surface area contributed by atoms with Gasteiger partial charge in [-0.1, -0.05) is 0 Å². The number of thiophene rings is 1. The van der Waals surface area contributed by atoms with Crippen LogP contribution >= 0.6 is 11.3 Å². The van der Waals surface area contributed by atoms with Crippen LogP contribution in [0.1, 0.15) is 30.3 Å². The lowest BCUT2D eigenvalue weighted by atomic mass is 10.2. The Bertz CT molecular complexity index is 715. The lowest BCUT2D eigenvalue weighted by Crippen LogP contribution is -2.39. The second kappa shape index (κ2) is 6.72. The van der Waals surface area contributed by atoms with E-state index in [-0.39, 0.29) is 12.0 Å². The minimum Gasteiger partial charge on any atom is -0.448 e. The summed E-state index contributed by atoms with van der Waals surface area (Å²) in [5, 5.41) is 4.74. The molecule has 6 nitrogen and oxygen atoms in total. The van der Waals surface area contributed by atoms with Gasteiger partial charge in [-0.3, -0.25) is 4.79 Å². The number of amides is 1. The first-order valence-electron chi connectivity index (χ1n) is 7.69. The smallest absolute Gasteiger partial charge is 0.355 e. The summed E-state index contributed by atoms with van der Waals surface area (Å²) in [4.78, 5) is 24.3. The van der Waals surface area contributed by atoms with Crippen molar-refractivity contribution in [1.82, 2.24) is 9.88 Å². The van der Waals surface area contributed by atoms with Crippen molar-refractivity contribution in [2.45, 2.75) is 32.0 Å². The van der Waals surface area contributed by atoms with Crippen molar-refractivity contribution in [2.24, 2.45) is 7.05 Å². The van der Waals surface area contributed by atoms with Crippen LogP contribution in [-0.2, 0) is 21.3 Å². The molecule has 3 heterocycles. The van der Waals surface area contributed by atoms with Crippen LogP contribution in [0.25, 0.3) is 10.2 Å². The van der Waals surface area contributed by atoms with E-state index in [1.165, 1.54) is 0 Å². The van der Waals surface area contributed by atoms with E-state index in [2.05, 4.69) is 5.32 Å². The molecule has 0 bridgehead atoms. The van der Waals surface area contributed by atoms with Crippen LogP contribution < -0.4 is 5.32 Å². The maximum absolute atomic E-state index is 12.3. The van der Waals surface area contributed by atoms with Crippen molar-refractivity contribution in [3.8, 4) is 0 Å². The highest BCUT2D eigenvalue weighted by Gasteiger charge is 2.23. The van der Waals surface area contributed by atoms with Crippen molar-refractivity contribution in [2.75, 3.05) is 13.2 Å². The number of carbonyl (C=O) groups is 2. The number of aryl methyl sites for hydroxylation is 1. The molecule has 1 fully saturated rings.